The summed E-state index contributed by atoms with van der Waals surface area (Å²) >= 11 is 0. The zero-order chi connectivity index (χ0) is 40.0. The molecular formula is C55H33N5O. The summed E-state index contributed by atoms with van der Waals surface area (Å²) in [7, 11) is 0. The third kappa shape index (κ3) is 5.00. The van der Waals surface area contributed by atoms with Gasteiger partial charge in [-0.2, -0.15) is 0 Å². The van der Waals surface area contributed by atoms with E-state index in [-0.39, 0.29) is 0 Å². The van der Waals surface area contributed by atoms with Gasteiger partial charge in [-0.15, -0.1) is 0 Å². The number of benzene rings is 9. The first-order valence-corrected chi connectivity index (χ1v) is 20.5. The maximum Gasteiger partial charge on any atom is 0.167 e. The van der Waals surface area contributed by atoms with Crippen molar-refractivity contribution in [2.24, 2.45) is 0 Å². The molecule has 4 heterocycles. The average molecular weight is 780 g/mol. The highest BCUT2D eigenvalue weighted by molar-refractivity contribution is 6.28. The summed E-state index contributed by atoms with van der Waals surface area (Å²) in [6, 6.07) is 70.1. The average Bonchev–Trinajstić information content (AvgIpc) is 4.00. The minimum Gasteiger partial charge on any atom is -0.453 e. The van der Waals surface area contributed by atoms with Crippen LogP contribution in [0.3, 0.4) is 0 Å². The van der Waals surface area contributed by atoms with Gasteiger partial charge in [0.2, 0.25) is 0 Å². The molecular weight excluding hydrogens is 747 g/mol. The van der Waals surface area contributed by atoms with Crippen LogP contribution in [0.25, 0.3) is 122 Å². The van der Waals surface area contributed by atoms with E-state index in [9.17, 15) is 0 Å². The highest BCUT2D eigenvalue weighted by atomic mass is 16.3. The highest BCUT2D eigenvalue weighted by Gasteiger charge is 2.25. The van der Waals surface area contributed by atoms with Gasteiger partial charge in [-0.25, -0.2) is 15.0 Å². The van der Waals surface area contributed by atoms with Gasteiger partial charge in [0.05, 0.1) is 33.3 Å². The summed E-state index contributed by atoms with van der Waals surface area (Å²) in [6.07, 6.45) is 0. The summed E-state index contributed by atoms with van der Waals surface area (Å²) in [6.45, 7) is 0. The van der Waals surface area contributed by atoms with Crippen molar-refractivity contribution in [3.63, 3.8) is 0 Å². The van der Waals surface area contributed by atoms with Crippen LogP contribution >= 0.6 is 0 Å². The van der Waals surface area contributed by atoms with Crippen LogP contribution in [0.15, 0.2) is 205 Å². The van der Waals surface area contributed by atoms with E-state index in [2.05, 4.69) is 149 Å². The zero-order valence-corrected chi connectivity index (χ0v) is 32.7. The van der Waals surface area contributed by atoms with E-state index in [1.807, 2.05) is 60.7 Å². The first-order chi connectivity index (χ1) is 30.3. The lowest BCUT2D eigenvalue weighted by atomic mass is 9.99. The van der Waals surface area contributed by atoms with Crippen LogP contribution in [0, 0.1) is 0 Å². The third-order valence-electron chi connectivity index (χ3n) is 12.1. The second-order valence-electron chi connectivity index (χ2n) is 15.5. The van der Waals surface area contributed by atoms with Crippen LogP contribution in [0.2, 0.25) is 0 Å². The molecule has 0 aliphatic carbocycles. The molecule has 0 N–H and O–H groups in total. The topological polar surface area (TPSA) is 61.7 Å². The molecule has 0 atom stereocenters. The lowest BCUT2D eigenvalue weighted by molar-refractivity contribution is 0.667. The van der Waals surface area contributed by atoms with Crippen LogP contribution in [0.1, 0.15) is 0 Å². The second-order valence-corrected chi connectivity index (χ2v) is 15.5. The smallest absolute Gasteiger partial charge is 0.167 e. The molecule has 61 heavy (non-hydrogen) atoms. The number of hydrogen-bond donors (Lipinski definition) is 0. The van der Waals surface area contributed by atoms with Gasteiger partial charge in [0.15, 0.2) is 23.1 Å². The predicted molar refractivity (Wildman–Crippen MR) is 250 cm³/mol. The van der Waals surface area contributed by atoms with E-state index < -0.39 is 0 Å². The molecule has 0 spiro atoms. The van der Waals surface area contributed by atoms with E-state index >= 15 is 0 Å². The number of aromatic nitrogens is 5. The molecule has 6 nitrogen and oxygen atoms in total. The molecule has 6 heteroatoms. The van der Waals surface area contributed by atoms with E-state index in [4.69, 9.17) is 19.4 Å². The zero-order valence-electron chi connectivity index (χ0n) is 32.7. The minimum atomic E-state index is 0.552. The molecule has 4 aromatic heterocycles. The molecule has 13 aromatic rings. The van der Waals surface area contributed by atoms with Crippen molar-refractivity contribution in [3.8, 4) is 45.5 Å². The Balaban J connectivity index is 1.15. The molecule has 284 valence electrons. The van der Waals surface area contributed by atoms with Gasteiger partial charge in [0.1, 0.15) is 5.58 Å². The standard InChI is InChI=1S/C55H33N5O/c1-4-17-34(18-5-1)53-56-54(35-19-6-2-7-20-35)58-55(57-53)43-33-36-21-10-11-24-38(36)48-42-27-16-30-47(51(42)61-52(43)48)60-44-28-14-12-25-39(44)40-31-32-46-49(50(40)60)41-26-13-15-29-45(41)59(46)37-22-8-3-9-23-37/h1-33H. The Morgan fingerprint density at radius 2 is 0.934 bits per heavy atom. The summed E-state index contributed by atoms with van der Waals surface area (Å²) in [5, 5.41) is 8.99. The maximum atomic E-state index is 7.34. The minimum absolute atomic E-state index is 0.552. The Bertz CT molecular complexity index is 3810. The molecule has 0 aliphatic rings. The van der Waals surface area contributed by atoms with Gasteiger partial charge in [-0.1, -0.05) is 158 Å². The van der Waals surface area contributed by atoms with Gasteiger partial charge >= 0.3 is 0 Å². The lowest BCUT2D eigenvalue weighted by Crippen LogP contribution is -2.00. The van der Waals surface area contributed by atoms with Gasteiger partial charge in [-0.3, -0.25) is 0 Å². The SMILES string of the molecule is c1ccc(-c2nc(-c3ccccc3)nc(-c3cc4ccccc4c4c3oc3c(-n5c6ccccc6c6ccc7c(c8ccccc8n7-c7ccccc7)c65)cccc34)n2)cc1. The van der Waals surface area contributed by atoms with E-state index in [1.165, 1.54) is 21.5 Å². The highest BCUT2D eigenvalue weighted by Crippen LogP contribution is 2.46. The molecule has 0 saturated heterocycles. The summed E-state index contributed by atoms with van der Waals surface area (Å²) in [5.41, 5.74) is 10.8. The summed E-state index contributed by atoms with van der Waals surface area (Å²) in [5.74, 6) is 1.76. The number of para-hydroxylation sites is 4. The first kappa shape index (κ1) is 33.6. The van der Waals surface area contributed by atoms with Crippen LogP contribution < -0.4 is 0 Å². The van der Waals surface area contributed by atoms with Crippen molar-refractivity contribution >= 4 is 76.3 Å². The number of fused-ring (bicyclic) bond motifs is 12. The predicted octanol–water partition coefficient (Wildman–Crippen LogP) is 14.1. The van der Waals surface area contributed by atoms with Crippen molar-refractivity contribution in [2.75, 3.05) is 0 Å². The lowest BCUT2D eigenvalue weighted by Gasteiger charge is -2.10. The van der Waals surface area contributed by atoms with Crippen LogP contribution in [-0.2, 0) is 0 Å². The van der Waals surface area contributed by atoms with Gasteiger partial charge < -0.3 is 13.6 Å². The van der Waals surface area contributed by atoms with E-state index in [0.717, 1.165) is 82.8 Å². The molecule has 0 radical (unpaired) electrons. The van der Waals surface area contributed by atoms with Crippen molar-refractivity contribution in [1.29, 1.82) is 0 Å². The molecule has 0 amide bonds. The van der Waals surface area contributed by atoms with Crippen molar-refractivity contribution in [2.45, 2.75) is 0 Å². The third-order valence-corrected chi connectivity index (χ3v) is 12.1. The number of rotatable bonds is 5. The number of hydrogen-bond acceptors (Lipinski definition) is 4. The van der Waals surface area contributed by atoms with Gasteiger partial charge in [0.25, 0.3) is 0 Å². The molecule has 0 fully saturated rings. The Hall–Kier alpha value is -8.35. The second kappa shape index (κ2) is 13.1. The van der Waals surface area contributed by atoms with Crippen LogP contribution in [-0.4, -0.2) is 24.1 Å². The van der Waals surface area contributed by atoms with Crippen LogP contribution in [0.5, 0.6) is 0 Å². The Labute approximate surface area is 349 Å². The summed E-state index contributed by atoms with van der Waals surface area (Å²) in [4.78, 5) is 15.4. The monoisotopic (exact) mass is 779 g/mol. The molecule has 0 unspecified atom stereocenters. The van der Waals surface area contributed by atoms with E-state index in [0.29, 0.717) is 17.5 Å². The molecule has 13 rings (SSSR count). The van der Waals surface area contributed by atoms with Crippen molar-refractivity contribution in [1.82, 2.24) is 24.1 Å². The quantitative estimate of drug-likeness (QED) is 0.175. The van der Waals surface area contributed by atoms with Crippen molar-refractivity contribution in [3.05, 3.63) is 200 Å². The van der Waals surface area contributed by atoms with Gasteiger partial charge in [-0.05, 0) is 53.2 Å². The Kier molecular flexibility index (Phi) is 7.21. The molecule has 0 aliphatic heterocycles. The van der Waals surface area contributed by atoms with Crippen molar-refractivity contribution < 1.29 is 4.42 Å². The number of furan rings is 1. The maximum absolute atomic E-state index is 7.34. The molecule has 9 aromatic carbocycles. The van der Waals surface area contributed by atoms with Crippen LogP contribution in [0.4, 0.5) is 0 Å². The fourth-order valence-electron chi connectivity index (χ4n) is 9.52. The Morgan fingerprint density at radius 1 is 0.361 bits per heavy atom. The molecule has 0 bridgehead atoms. The largest absolute Gasteiger partial charge is 0.453 e. The van der Waals surface area contributed by atoms with Gasteiger partial charge in [0, 0.05) is 49.1 Å². The Morgan fingerprint density at radius 3 is 1.66 bits per heavy atom. The first-order valence-electron chi connectivity index (χ1n) is 20.5. The fourth-order valence-corrected chi connectivity index (χ4v) is 9.52. The molecule has 0 saturated carbocycles. The number of nitrogens with zero attached hydrogens (tertiary/aromatic N) is 5. The van der Waals surface area contributed by atoms with E-state index in [1.54, 1.807) is 0 Å². The normalized spacial score (nSPS) is 11.9. The summed E-state index contributed by atoms with van der Waals surface area (Å²) < 4.78 is 12.1. The fraction of sp³-hybridized carbons (Fsp3) is 0.